The minimum Gasteiger partial charge on any atom is -0.309 e. The molecule has 0 saturated carbocycles. The molecule has 0 aliphatic carbocycles. The third kappa shape index (κ3) is 1.94. The van der Waals surface area contributed by atoms with Crippen LogP contribution < -0.4 is 0 Å². The van der Waals surface area contributed by atoms with Crippen LogP contribution in [0.15, 0.2) is 85.5 Å². The summed E-state index contributed by atoms with van der Waals surface area (Å²) in [5.74, 6) is 0. The lowest BCUT2D eigenvalue weighted by molar-refractivity contribution is 1.18. The van der Waals surface area contributed by atoms with Gasteiger partial charge in [0.25, 0.3) is 0 Å². The van der Waals surface area contributed by atoms with Gasteiger partial charge in [-0.25, -0.2) is 0 Å². The molecule has 0 fully saturated rings. The summed E-state index contributed by atoms with van der Waals surface area (Å²) in [7, 11) is 0. The highest BCUT2D eigenvalue weighted by atomic mass is 15.0. The number of nitrogens with zero attached hydrogens (tertiary/aromatic N) is 1. The fourth-order valence-electron chi connectivity index (χ4n) is 3.17. The molecule has 22 heavy (non-hydrogen) atoms. The van der Waals surface area contributed by atoms with E-state index < -0.39 is 0 Å². The van der Waals surface area contributed by atoms with Crippen molar-refractivity contribution in [3.63, 3.8) is 0 Å². The molecular weight excluding hydrogens is 266 g/mol. The Kier molecular flexibility index (Phi) is 3.05. The van der Waals surface area contributed by atoms with Crippen LogP contribution in [0, 0.1) is 0 Å². The highest BCUT2D eigenvalue weighted by Crippen LogP contribution is 2.32. The minimum absolute atomic E-state index is 0.904. The van der Waals surface area contributed by atoms with Gasteiger partial charge in [-0.1, -0.05) is 48.5 Å². The number of hydrogen-bond acceptors (Lipinski definition) is 0. The molecule has 0 N–H and O–H groups in total. The predicted octanol–water partition coefficient (Wildman–Crippen LogP) is 5.51. The Hall–Kier alpha value is -2.80. The third-order valence-electron chi connectivity index (χ3n) is 4.13. The fourth-order valence-corrected chi connectivity index (χ4v) is 3.17. The van der Waals surface area contributed by atoms with Crippen LogP contribution in [0.25, 0.3) is 27.5 Å². The largest absolute Gasteiger partial charge is 0.309 e. The number of para-hydroxylation sites is 2. The van der Waals surface area contributed by atoms with Crippen LogP contribution in [-0.2, 0) is 6.42 Å². The smallest absolute Gasteiger partial charge is 0.0541 e. The van der Waals surface area contributed by atoms with Gasteiger partial charge >= 0.3 is 0 Å². The number of benzene rings is 3. The highest BCUT2D eigenvalue weighted by molar-refractivity contribution is 6.09. The molecule has 0 spiro atoms. The van der Waals surface area contributed by atoms with Crippen LogP contribution in [0.4, 0.5) is 0 Å². The van der Waals surface area contributed by atoms with E-state index in [1.54, 1.807) is 0 Å². The van der Waals surface area contributed by atoms with Crippen molar-refractivity contribution in [1.82, 2.24) is 4.57 Å². The van der Waals surface area contributed by atoms with Crippen LogP contribution in [0.5, 0.6) is 0 Å². The second kappa shape index (κ2) is 5.19. The highest BCUT2D eigenvalue weighted by Gasteiger charge is 2.11. The average molecular weight is 283 g/mol. The first-order valence-corrected chi connectivity index (χ1v) is 7.57. The van der Waals surface area contributed by atoms with Crippen LogP contribution in [0.1, 0.15) is 5.56 Å². The zero-order valence-corrected chi connectivity index (χ0v) is 12.4. The normalized spacial score (nSPS) is 11.1. The molecule has 0 aliphatic heterocycles. The Morgan fingerprint density at radius 2 is 1.50 bits per heavy atom. The lowest BCUT2D eigenvalue weighted by Gasteiger charge is -2.07. The third-order valence-corrected chi connectivity index (χ3v) is 4.13. The fraction of sp³-hybridized carbons (Fsp3) is 0.0476. The number of allylic oxidation sites excluding steroid dienone is 1. The number of hydrogen-bond donors (Lipinski definition) is 0. The van der Waals surface area contributed by atoms with Crippen molar-refractivity contribution >= 4 is 21.8 Å². The number of fused-ring (bicyclic) bond motifs is 3. The van der Waals surface area contributed by atoms with Crippen molar-refractivity contribution in [3.05, 3.63) is 91.0 Å². The summed E-state index contributed by atoms with van der Waals surface area (Å²) >= 11 is 0. The van der Waals surface area contributed by atoms with E-state index in [1.807, 2.05) is 6.08 Å². The molecule has 0 unspecified atom stereocenters. The Bertz CT molecular complexity index is 961. The van der Waals surface area contributed by atoms with Crippen molar-refractivity contribution in [2.24, 2.45) is 0 Å². The van der Waals surface area contributed by atoms with Gasteiger partial charge in [-0.3, -0.25) is 0 Å². The van der Waals surface area contributed by atoms with E-state index in [0.717, 1.165) is 6.42 Å². The molecule has 0 bridgehead atoms. The van der Waals surface area contributed by atoms with E-state index in [9.17, 15) is 0 Å². The van der Waals surface area contributed by atoms with E-state index in [0.29, 0.717) is 0 Å². The van der Waals surface area contributed by atoms with E-state index in [-0.39, 0.29) is 0 Å². The lowest BCUT2D eigenvalue weighted by atomic mass is 10.1. The minimum atomic E-state index is 0.904. The first-order valence-electron chi connectivity index (χ1n) is 7.57. The van der Waals surface area contributed by atoms with Crippen molar-refractivity contribution in [3.8, 4) is 5.69 Å². The summed E-state index contributed by atoms with van der Waals surface area (Å²) in [5.41, 5.74) is 5.00. The second-order valence-corrected chi connectivity index (χ2v) is 5.53. The lowest BCUT2D eigenvalue weighted by Crippen LogP contribution is -1.93. The molecule has 0 radical (unpaired) electrons. The molecule has 0 saturated heterocycles. The quantitative estimate of drug-likeness (QED) is 0.437. The topological polar surface area (TPSA) is 4.93 Å². The van der Waals surface area contributed by atoms with E-state index >= 15 is 0 Å². The summed E-state index contributed by atoms with van der Waals surface area (Å²) in [6.45, 7) is 3.85. The number of rotatable bonds is 3. The molecule has 0 atom stereocenters. The van der Waals surface area contributed by atoms with Gasteiger partial charge in [-0.2, -0.15) is 0 Å². The van der Waals surface area contributed by atoms with Crippen molar-refractivity contribution < 1.29 is 0 Å². The zero-order chi connectivity index (χ0) is 14.9. The van der Waals surface area contributed by atoms with E-state index in [2.05, 4.69) is 83.9 Å². The molecule has 1 nitrogen and oxygen atoms in total. The standard InChI is InChI=1S/C21H17N/c1-2-8-16-13-14-21-19(15-16)18-11-6-7-12-20(18)22(21)17-9-4-3-5-10-17/h2-7,9-15H,1,8H2. The van der Waals surface area contributed by atoms with Crippen molar-refractivity contribution in [2.45, 2.75) is 6.42 Å². The van der Waals surface area contributed by atoms with Gasteiger partial charge < -0.3 is 4.57 Å². The molecule has 1 aromatic heterocycles. The van der Waals surface area contributed by atoms with Gasteiger partial charge in [0.15, 0.2) is 0 Å². The maximum Gasteiger partial charge on any atom is 0.0541 e. The van der Waals surface area contributed by atoms with Crippen molar-refractivity contribution in [1.29, 1.82) is 0 Å². The molecule has 1 heterocycles. The summed E-state index contributed by atoms with van der Waals surface area (Å²) in [5, 5.41) is 2.60. The first-order chi connectivity index (χ1) is 10.9. The van der Waals surface area contributed by atoms with E-state index in [4.69, 9.17) is 0 Å². The molecular formula is C21H17N. The number of aromatic nitrogens is 1. The van der Waals surface area contributed by atoms with Crippen LogP contribution in [0.3, 0.4) is 0 Å². The predicted molar refractivity (Wildman–Crippen MR) is 94.7 cm³/mol. The molecule has 0 amide bonds. The summed E-state index contributed by atoms with van der Waals surface area (Å²) < 4.78 is 2.34. The first kappa shape index (κ1) is 12.9. The Morgan fingerprint density at radius 3 is 2.32 bits per heavy atom. The molecule has 4 rings (SSSR count). The molecule has 4 aromatic rings. The van der Waals surface area contributed by atoms with Gasteiger partial charge in [0.1, 0.15) is 0 Å². The maximum absolute atomic E-state index is 3.85. The molecule has 0 aliphatic rings. The Balaban J connectivity index is 2.12. The van der Waals surface area contributed by atoms with Gasteiger partial charge in [0.05, 0.1) is 11.0 Å². The molecule has 1 heteroatoms. The van der Waals surface area contributed by atoms with Crippen molar-refractivity contribution in [2.75, 3.05) is 0 Å². The molecule has 106 valence electrons. The van der Waals surface area contributed by atoms with Gasteiger partial charge in [0, 0.05) is 16.5 Å². The van der Waals surface area contributed by atoms with Gasteiger partial charge in [-0.05, 0) is 42.3 Å². The zero-order valence-electron chi connectivity index (χ0n) is 12.4. The average Bonchev–Trinajstić information content (AvgIpc) is 2.90. The van der Waals surface area contributed by atoms with Gasteiger partial charge in [0.2, 0.25) is 0 Å². The van der Waals surface area contributed by atoms with Gasteiger partial charge in [-0.15, -0.1) is 6.58 Å². The van der Waals surface area contributed by atoms with Crippen LogP contribution >= 0.6 is 0 Å². The molecule has 3 aromatic carbocycles. The Labute approximate surface area is 130 Å². The monoisotopic (exact) mass is 283 g/mol. The van der Waals surface area contributed by atoms with E-state index in [1.165, 1.54) is 33.1 Å². The summed E-state index contributed by atoms with van der Waals surface area (Å²) in [6.07, 6.45) is 2.86. The van der Waals surface area contributed by atoms with Crippen LogP contribution in [0.2, 0.25) is 0 Å². The summed E-state index contributed by atoms with van der Waals surface area (Å²) in [6, 6.07) is 25.9. The second-order valence-electron chi connectivity index (χ2n) is 5.53. The Morgan fingerprint density at radius 1 is 0.773 bits per heavy atom. The SMILES string of the molecule is C=CCc1ccc2c(c1)c1ccccc1n2-c1ccccc1. The van der Waals surface area contributed by atoms with Crippen LogP contribution in [-0.4, -0.2) is 4.57 Å². The maximum atomic E-state index is 3.85. The summed E-state index contributed by atoms with van der Waals surface area (Å²) in [4.78, 5) is 0.